The van der Waals surface area contributed by atoms with Crippen molar-refractivity contribution in [2.45, 2.75) is 57.6 Å². The quantitative estimate of drug-likeness (QED) is 0.635. The standard InChI is InChI=1S/C13H25NO3S/c1-13(2,3)18-10-11(15)14-9-7-5-4-6-8-12(16)17/h4-10H2,1-3H3,(H,14,15)(H,16,17). The Morgan fingerprint density at radius 2 is 1.72 bits per heavy atom. The maximum absolute atomic E-state index is 11.5. The lowest BCUT2D eigenvalue weighted by Crippen LogP contribution is -2.27. The Morgan fingerprint density at radius 3 is 2.28 bits per heavy atom. The fraction of sp³-hybridized carbons (Fsp3) is 0.846. The number of unbranched alkanes of at least 4 members (excludes halogenated alkanes) is 3. The maximum atomic E-state index is 11.5. The lowest BCUT2D eigenvalue weighted by Gasteiger charge is -2.16. The van der Waals surface area contributed by atoms with Gasteiger partial charge in [-0.1, -0.05) is 33.6 Å². The first-order chi connectivity index (χ1) is 8.31. The maximum Gasteiger partial charge on any atom is 0.303 e. The predicted octanol–water partition coefficient (Wildman–Crippen LogP) is 2.67. The van der Waals surface area contributed by atoms with Gasteiger partial charge in [-0.15, -0.1) is 11.8 Å². The summed E-state index contributed by atoms with van der Waals surface area (Å²) in [5.41, 5.74) is 0. The molecule has 0 aromatic carbocycles. The van der Waals surface area contributed by atoms with E-state index in [1.807, 2.05) is 0 Å². The van der Waals surface area contributed by atoms with Crippen molar-refractivity contribution in [3.63, 3.8) is 0 Å². The van der Waals surface area contributed by atoms with Crippen molar-refractivity contribution in [1.29, 1.82) is 0 Å². The first-order valence-electron chi connectivity index (χ1n) is 6.44. The third-order valence-electron chi connectivity index (χ3n) is 2.28. The van der Waals surface area contributed by atoms with Crippen molar-refractivity contribution in [2.24, 2.45) is 0 Å². The number of carbonyl (C=O) groups excluding carboxylic acids is 1. The van der Waals surface area contributed by atoms with E-state index in [2.05, 4.69) is 26.1 Å². The molecule has 18 heavy (non-hydrogen) atoms. The van der Waals surface area contributed by atoms with Gasteiger partial charge in [0.2, 0.25) is 5.91 Å². The Bertz CT molecular complexity index is 261. The highest BCUT2D eigenvalue weighted by molar-refractivity contribution is 8.01. The Morgan fingerprint density at radius 1 is 1.11 bits per heavy atom. The Hall–Kier alpha value is -0.710. The van der Waals surface area contributed by atoms with Crippen molar-refractivity contribution in [2.75, 3.05) is 12.3 Å². The van der Waals surface area contributed by atoms with Crippen LogP contribution >= 0.6 is 11.8 Å². The molecule has 0 fully saturated rings. The zero-order valence-corrected chi connectivity index (χ0v) is 12.4. The minimum atomic E-state index is -0.734. The van der Waals surface area contributed by atoms with Crippen LogP contribution in [-0.4, -0.2) is 34.0 Å². The first kappa shape index (κ1) is 17.3. The van der Waals surface area contributed by atoms with E-state index in [0.717, 1.165) is 25.7 Å². The average Bonchev–Trinajstić information content (AvgIpc) is 2.23. The van der Waals surface area contributed by atoms with E-state index in [1.165, 1.54) is 0 Å². The van der Waals surface area contributed by atoms with Crippen molar-refractivity contribution in [3.8, 4) is 0 Å². The van der Waals surface area contributed by atoms with Gasteiger partial charge in [0.25, 0.3) is 0 Å². The minimum absolute atomic E-state index is 0.0838. The van der Waals surface area contributed by atoms with Gasteiger partial charge in [-0.05, 0) is 12.8 Å². The third-order valence-corrected chi connectivity index (χ3v) is 3.55. The number of rotatable bonds is 9. The number of carbonyl (C=O) groups is 2. The van der Waals surface area contributed by atoms with E-state index < -0.39 is 5.97 Å². The molecule has 2 N–H and O–H groups in total. The molecule has 0 saturated carbocycles. The largest absolute Gasteiger partial charge is 0.481 e. The van der Waals surface area contributed by atoms with E-state index in [-0.39, 0.29) is 17.1 Å². The van der Waals surface area contributed by atoms with E-state index in [4.69, 9.17) is 5.11 Å². The van der Waals surface area contributed by atoms with Gasteiger partial charge in [0.1, 0.15) is 0 Å². The molecular weight excluding hydrogens is 250 g/mol. The highest BCUT2D eigenvalue weighted by Gasteiger charge is 2.12. The Balaban J connectivity index is 3.33. The molecule has 0 aromatic rings. The molecule has 0 spiro atoms. The zero-order valence-electron chi connectivity index (χ0n) is 11.6. The molecule has 0 aliphatic carbocycles. The average molecular weight is 275 g/mol. The van der Waals surface area contributed by atoms with E-state index in [9.17, 15) is 9.59 Å². The molecule has 4 nitrogen and oxygen atoms in total. The van der Waals surface area contributed by atoms with Crippen molar-refractivity contribution < 1.29 is 14.7 Å². The number of hydrogen-bond acceptors (Lipinski definition) is 3. The number of thioether (sulfide) groups is 1. The van der Waals surface area contributed by atoms with Crippen LogP contribution in [0.1, 0.15) is 52.9 Å². The van der Waals surface area contributed by atoms with Gasteiger partial charge in [-0.3, -0.25) is 9.59 Å². The molecule has 0 radical (unpaired) electrons. The fourth-order valence-electron chi connectivity index (χ4n) is 1.32. The van der Waals surface area contributed by atoms with Gasteiger partial charge in [0.15, 0.2) is 0 Å². The molecule has 106 valence electrons. The molecule has 0 aliphatic rings. The zero-order chi connectivity index (χ0) is 14.0. The lowest BCUT2D eigenvalue weighted by molar-refractivity contribution is -0.137. The summed E-state index contributed by atoms with van der Waals surface area (Å²) in [7, 11) is 0. The van der Waals surface area contributed by atoms with Crippen LogP contribution < -0.4 is 5.32 Å². The highest BCUT2D eigenvalue weighted by Crippen LogP contribution is 2.22. The number of carboxylic acid groups (broad SMARTS) is 1. The van der Waals surface area contributed by atoms with Crippen LogP contribution in [-0.2, 0) is 9.59 Å². The number of nitrogens with one attached hydrogen (secondary N) is 1. The summed E-state index contributed by atoms with van der Waals surface area (Å²) in [6, 6.07) is 0. The number of carboxylic acids is 1. The molecule has 1 amide bonds. The summed E-state index contributed by atoms with van der Waals surface area (Å²) in [6.07, 6.45) is 3.78. The van der Waals surface area contributed by atoms with Crippen molar-refractivity contribution in [1.82, 2.24) is 5.32 Å². The molecule has 0 unspecified atom stereocenters. The smallest absolute Gasteiger partial charge is 0.303 e. The Kier molecular flexibility index (Phi) is 8.89. The molecule has 0 saturated heterocycles. The molecule has 0 bridgehead atoms. The van der Waals surface area contributed by atoms with Crippen LogP contribution in [0.3, 0.4) is 0 Å². The van der Waals surface area contributed by atoms with Gasteiger partial charge in [-0.25, -0.2) is 0 Å². The van der Waals surface area contributed by atoms with Gasteiger partial charge in [0, 0.05) is 17.7 Å². The van der Waals surface area contributed by atoms with Gasteiger partial charge in [0.05, 0.1) is 5.75 Å². The number of hydrogen-bond donors (Lipinski definition) is 2. The van der Waals surface area contributed by atoms with Crippen molar-refractivity contribution in [3.05, 3.63) is 0 Å². The summed E-state index contributed by atoms with van der Waals surface area (Å²) in [6.45, 7) is 6.96. The van der Waals surface area contributed by atoms with Gasteiger partial charge in [-0.2, -0.15) is 0 Å². The molecule has 0 atom stereocenters. The first-order valence-corrected chi connectivity index (χ1v) is 7.42. The second-order valence-electron chi connectivity index (χ2n) is 5.31. The molecule has 0 aromatic heterocycles. The third kappa shape index (κ3) is 13.4. The normalized spacial score (nSPS) is 11.3. The number of amides is 1. The monoisotopic (exact) mass is 275 g/mol. The van der Waals surface area contributed by atoms with Crippen LogP contribution in [0, 0.1) is 0 Å². The van der Waals surface area contributed by atoms with Crippen LogP contribution in [0.25, 0.3) is 0 Å². The Labute approximate surface area is 114 Å². The van der Waals surface area contributed by atoms with Crippen LogP contribution in [0.4, 0.5) is 0 Å². The van der Waals surface area contributed by atoms with E-state index >= 15 is 0 Å². The molecular formula is C13H25NO3S. The summed E-state index contributed by atoms with van der Waals surface area (Å²) in [4.78, 5) is 21.7. The second kappa shape index (κ2) is 9.25. The molecule has 0 rings (SSSR count). The SMILES string of the molecule is CC(C)(C)SCC(=O)NCCCCCCC(=O)O. The predicted molar refractivity (Wildman–Crippen MR) is 75.9 cm³/mol. The van der Waals surface area contributed by atoms with Crippen LogP contribution in [0.15, 0.2) is 0 Å². The van der Waals surface area contributed by atoms with Gasteiger partial charge < -0.3 is 10.4 Å². The highest BCUT2D eigenvalue weighted by atomic mass is 32.2. The van der Waals surface area contributed by atoms with E-state index in [1.54, 1.807) is 11.8 Å². The van der Waals surface area contributed by atoms with Gasteiger partial charge >= 0.3 is 5.97 Å². The fourth-order valence-corrected chi connectivity index (χ4v) is 1.98. The number of aliphatic carboxylic acids is 1. The van der Waals surface area contributed by atoms with Crippen molar-refractivity contribution >= 4 is 23.6 Å². The second-order valence-corrected chi connectivity index (χ2v) is 7.11. The lowest BCUT2D eigenvalue weighted by atomic mass is 10.1. The summed E-state index contributed by atoms with van der Waals surface area (Å²) >= 11 is 1.64. The van der Waals surface area contributed by atoms with Crippen LogP contribution in [0.2, 0.25) is 0 Å². The summed E-state index contributed by atoms with van der Waals surface area (Å²) in [5, 5.41) is 11.3. The van der Waals surface area contributed by atoms with Crippen LogP contribution in [0.5, 0.6) is 0 Å². The minimum Gasteiger partial charge on any atom is -0.481 e. The topological polar surface area (TPSA) is 66.4 Å². The molecule has 0 aliphatic heterocycles. The summed E-state index contributed by atoms with van der Waals surface area (Å²) < 4.78 is 0.119. The molecule has 5 heteroatoms. The van der Waals surface area contributed by atoms with E-state index in [0.29, 0.717) is 12.3 Å². The molecule has 0 heterocycles. The summed E-state index contributed by atoms with van der Waals surface area (Å²) in [5.74, 6) is -0.148.